The zero-order valence-corrected chi connectivity index (χ0v) is 17.9. The third-order valence-corrected chi connectivity index (χ3v) is 5.94. The zero-order chi connectivity index (χ0) is 23.2. The molecule has 4 rings (SSSR count). The zero-order valence-electron chi connectivity index (χ0n) is 16.3. The van der Waals surface area contributed by atoms with Gasteiger partial charge in [-0.15, -0.1) is 0 Å². The highest BCUT2D eigenvalue weighted by Crippen LogP contribution is 2.40. The first-order chi connectivity index (χ1) is 15.1. The fourth-order valence-corrected chi connectivity index (χ4v) is 4.48. The fraction of sp³-hybridized carbons (Fsp3) is 0.0500. The van der Waals surface area contributed by atoms with Crippen molar-refractivity contribution in [3.8, 4) is 28.3 Å². The van der Waals surface area contributed by atoms with Crippen LogP contribution in [0.3, 0.4) is 0 Å². The lowest BCUT2D eigenvalue weighted by Gasteiger charge is -2.15. The molecule has 164 valence electrons. The molecular weight excluding hydrogens is 464 g/mol. The van der Waals surface area contributed by atoms with Gasteiger partial charge < -0.3 is 10.5 Å². The molecule has 0 saturated heterocycles. The van der Waals surface area contributed by atoms with Crippen LogP contribution >= 0.6 is 11.6 Å². The van der Waals surface area contributed by atoms with Gasteiger partial charge in [0.25, 0.3) is 0 Å². The van der Waals surface area contributed by atoms with Gasteiger partial charge in [-0.05, 0) is 17.5 Å². The molecule has 1 aromatic carbocycles. The Morgan fingerprint density at radius 3 is 2.44 bits per heavy atom. The van der Waals surface area contributed by atoms with Crippen molar-refractivity contribution in [3.05, 3.63) is 59.5 Å². The molecule has 0 aliphatic rings. The maximum atomic E-state index is 15.7. The first kappa shape index (κ1) is 21.8. The minimum absolute atomic E-state index is 0.0977. The molecule has 4 aromatic rings. The van der Waals surface area contributed by atoms with Crippen LogP contribution in [0.4, 0.5) is 14.6 Å². The van der Waals surface area contributed by atoms with Crippen LogP contribution in [0.15, 0.2) is 47.8 Å². The van der Waals surface area contributed by atoms with Crippen LogP contribution in [0.2, 0.25) is 5.02 Å². The number of hydrogen-bond acceptors (Lipinski definition) is 7. The van der Waals surface area contributed by atoms with E-state index in [0.717, 1.165) is 6.20 Å². The lowest BCUT2D eigenvalue weighted by atomic mass is 9.99. The molecule has 0 saturated carbocycles. The van der Waals surface area contributed by atoms with Crippen LogP contribution in [0.1, 0.15) is 0 Å². The lowest BCUT2D eigenvalue weighted by molar-refractivity contribution is 0.385. The van der Waals surface area contributed by atoms with Gasteiger partial charge in [-0.1, -0.05) is 23.7 Å². The summed E-state index contributed by atoms with van der Waals surface area (Å²) in [5.41, 5.74) is 4.53. The highest BCUT2D eigenvalue weighted by Gasteiger charge is 2.29. The van der Waals surface area contributed by atoms with E-state index in [-0.39, 0.29) is 38.8 Å². The van der Waals surface area contributed by atoms with Crippen LogP contribution in [-0.2, 0) is 10.0 Å². The standard InChI is InChI=1S/C20H14ClF2N5O3S/c1-31-20-19(32(25,29)30)15(13(21)8-28-20)18-17(23)11(4-5-26-18)10-3-2-9-6-14(24)27-7-12(9)16(10)22/h2-8H,1H3,(H2,24,27)(H2,25,29,30). The molecule has 0 atom stereocenters. The fourth-order valence-electron chi connectivity index (χ4n) is 3.32. The summed E-state index contributed by atoms with van der Waals surface area (Å²) in [6.07, 6.45) is 3.51. The van der Waals surface area contributed by atoms with E-state index in [1.54, 1.807) is 6.07 Å². The van der Waals surface area contributed by atoms with Gasteiger partial charge in [0.15, 0.2) is 10.7 Å². The predicted octanol–water partition coefficient (Wildman–Crippen LogP) is 3.53. The summed E-state index contributed by atoms with van der Waals surface area (Å²) < 4.78 is 60.3. The molecule has 0 aliphatic heterocycles. The average Bonchev–Trinajstić information content (AvgIpc) is 2.74. The van der Waals surface area contributed by atoms with E-state index in [4.69, 9.17) is 27.2 Å². The number of nitrogen functional groups attached to an aromatic ring is 1. The minimum atomic E-state index is -4.45. The number of pyridine rings is 3. The summed E-state index contributed by atoms with van der Waals surface area (Å²) in [5, 5.41) is 5.67. The van der Waals surface area contributed by atoms with Gasteiger partial charge in [-0.25, -0.2) is 32.3 Å². The van der Waals surface area contributed by atoms with E-state index in [1.807, 2.05) is 0 Å². The molecule has 0 spiro atoms. The molecule has 0 aliphatic carbocycles. The van der Waals surface area contributed by atoms with E-state index in [0.29, 0.717) is 5.39 Å². The van der Waals surface area contributed by atoms with Crippen LogP contribution in [-0.4, -0.2) is 30.5 Å². The SMILES string of the molecule is COc1ncc(Cl)c(-c2nccc(-c3ccc4cc(N)ncc4c3F)c2F)c1S(N)(=O)=O. The Kier molecular flexibility index (Phi) is 5.41. The third kappa shape index (κ3) is 3.60. The van der Waals surface area contributed by atoms with Crippen molar-refractivity contribution >= 4 is 38.2 Å². The number of halogens is 3. The second-order valence-corrected chi connectivity index (χ2v) is 8.55. The number of fused-ring (bicyclic) bond motifs is 1. The van der Waals surface area contributed by atoms with E-state index >= 15 is 8.78 Å². The van der Waals surface area contributed by atoms with Gasteiger partial charge in [-0.3, -0.25) is 4.98 Å². The number of rotatable bonds is 4. The molecule has 8 nitrogen and oxygen atoms in total. The highest BCUT2D eigenvalue weighted by molar-refractivity contribution is 7.89. The van der Waals surface area contributed by atoms with Crippen molar-refractivity contribution in [2.45, 2.75) is 4.90 Å². The van der Waals surface area contributed by atoms with Crippen molar-refractivity contribution in [2.24, 2.45) is 5.14 Å². The lowest BCUT2D eigenvalue weighted by Crippen LogP contribution is -2.16. The topological polar surface area (TPSA) is 134 Å². The average molecular weight is 478 g/mol. The Balaban J connectivity index is 2.02. The Labute approximate surface area is 185 Å². The number of methoxy groups -OCH3 is 1. The predicted molar refractivity (Wildman–Crippen MR) is 115 cm³/mol. The normalized spacial score (nSPS) is 11.7. The molecule has 32 heavy (non-hydrogen) atoms. The first-order valence-electron chi connectivity index (χ1n) is 8.87. The molecule has 12 heteroatoms. The third-order valence-electron chi connectivity index (χ3n) is 4.71. The summed E-state index contributed by atoms with van der Waals surface area (Å²) in [6.45, 7) is 0. The van der Waals surface area contributed by atoms with Crippen LogP contribution in [0.25, 0.3) is 33.2 Å². The smallest absolute Gasteiger partial charge is 0.244 e. The van der Waals surface area contributed by atoms with Crippen molar-refractivity contribution < 1.29 is 21.9 Å². The van der Waals surface area contributed by atoms with E-state index in [9.17, 15) is 8.42 Å². The van der Waals surface area contributed by atoms with E-state index in [1.165, 1.54) is 37.7 Å². The van der Waals surface area contributed by atoms with Crippen LogP contribution < -0.4 is 15.6 Å². The van der Waals surface area contributed by atoms with Crippen LogP contribution in [0.5, 0.6) is 5.88 Å². The van der Waals surface area contributed by atoms with Crippen LogP contribution in [0, 0.1) is 11.6 Å². The molecule has 0 unspecified atom stereocenters. The van der Waals surface area contributed by atoms with Crippen molar-refractivity contribution in [1.29, 1.82) is 0 Å². The maximum Gasteiger partial charge on any atom is 0.244 e. The molecule has 3 heterocycles. The van der Waals surface area contributed by atoms with Gasteiger partial charge in [0, 0.05) is 34.5 Å². The van der Waals surface area contributed by atoms with E-state index < -0.39 is 32.2 Å². The minimum Gasteiger partial charge on any atom is -0.480 e. The molecule has 0 bridgehead atoms. The van der Waals surface area contributed by atoms with Gasteiger partial charge in [0.05, 0.1) is 18.3 Å². The monoisotopic (exact) mass is 477 g/mol. The number of aromatic nitrogens is 3. The van der Waals surface area contributed by atoms with Gasteiger partial charge >= 0.3 is 0 Å². The number of nitrogens with zero attached hydrogens (tertiary/aromatic N) is 3. The summed E-state index contributed by atoms with van der Waals surface area (Å²) in [6, 6.07) is 5.66. The van der Waals surface area contributed by atoms with Gasteiger partial charge in [0.2, 0.25) is 15.9 Å². The number of nitrogens with two attached hydrogens (primary N) is 2. The Morgan fingerprint density at radius 1 is 1.03 bits per heavy atom. The van der Waals surface area contributed by atoms with Crippen molar-refractivity contribution in [1.82, 2.24) is 15.0 Å². The summed E-state index contributed by atoms with van der Waals surface area (Å²) >= 11 is 6.15. The summed E-state index contributed by atoms with van der Waals surface area (Å²) in [7, 11) is -3.29. The summed E-state index contributed by atoms with van der Waals surface area (Å²) in [4.78, 5) is 10.9. The number of sulfonamides is 1. The van der Waals surface area contributed by atoms with Gasteiger partial charge in [0.1, 0.15) is 17.3 Å². The molecular formula is C20H14ClF2N5O3S. The van der Waals surface area contributed by atoms with E-state index in [2.05, 4.69) is 15.0 Å². The number of hydrogen-bond donors (Lipinski definition) is 2. The summed E-state index contributed by atoms with van der Waals surface area (Å²) in [5.74, 6) is -1.94. The molecule has 3 aromatic heterocycles. The van der Waals surface area contributed by atoms with Gasteiger partial charge in [-0.2, -0.15) is 0 Å². The highest BCUT2D eigenvalue weighted by atomic mass is 35.5. The Hall–Kier alpha value is -3.41. The first-order valence-corrected chi connectivity index (χ1v) is 10.8. The largest absolute Gasteiger partial charge is 0.480 e. The maximum absolute atomic E-state index is 15.7. The molecule has 4 N–H and O–H groups in total. The number of ether oxygens (including phenoxy) is 1. The second kappa shape index (κ2) is 7.93. The quantitative estimate of drug-likeness (QED) is 0.459. The molecule has 0 radical (unpaired) electrons. The number of benzene rings is 1. The second-order valence-electron chi connectivity index (χ2n) is 6.64. The molecule has 0 amide bonds. The number of anilines is 1. The van der Waals surface area contributed by atoms with Crippen molar-refractivity contribution in [2.75, 3.05) is 12.8 Å². The molecule has 0 fully saturated rings. The Bertz CT molecular complexity index is 1500. The Morgan fingerprint density at radius 2 is 1.75 bits per heavy atom. The van der Waals surface area contributed by atoms with Crippen molar-refractivity contribution in [3.63, 3.8) is 0 Å². The number of primary sulfonamides is 1.